The Hall–Kier alpha value is -2.95. The number of halogens is 6. The van der Waals surface area contributed by atoms with Gasteiger partial charge in [-0.15, -0.1) is 23.4 Å². The number of alkyl halides is 6. The lowest BCUT2D eigenvalue weighted by atomic mass is 9.98. The van der Waals surface area contributed by atoms with E-state index in [1.807, 2.05) is 0 Å². The van der Waals surface area contributed by atoms with E-state index in [0.717, 1.165) is 22.5 Å². The average molecular weight is 416 g/mol. The molecule has 0 aliphatic rings. The van der Waals surface area contributed by atoms with E-state index in [-0.39, 0.29) is 12.4 Å². The van der Waals surface area contributed by atoms with Gasteiger partial charge in [0.1, 0.15) is 0 Å². The summed E-state index contributed by atoms with van der Waals surface area (Å²) in [7, 11) is 0. The minimum absolute atomic E-state index is 0.194. The molecule has 0 aliphatic carbocycles. The first-order valence-electron chi connectivity index (χ1n) is 8.35. The molecule has 0 spiro atoms. The van der Waals surface area contributed by atoms with Crippen molar-refractivity contribution in [2.75, 3.05) is 6.61 Å². The second-order valence-corrected chi connectivity index (χ2v) is 6.03. The third-order valence-corrected chi connectivity index (χ3v) is 3.94. The molecule has 3 rings (SSSR count). The van der Waals surface area contributed by atoms with E-state index in [1.165, 1.54) is 12.1 Å². The van der Waals surface area contributed by atoms with Gasteiger partial charge in [-0.2, -0.15) is 18.0 Å². The molecule has 0 amide bonds. The smallest absolute Gasteiger partial charge is 0.290 e. The molecule has 0 radical (unpaired) electrons. The van der Waals surface area contributed by atoms with Gasteiger partial charge in [0.2, 0.25) is 5.82 Å². The number of ether oxygens (including phenoxy) is 1. The maximum absolute atomic E-state index is 12.7. The molecule has 29 heavy (non-hydrogen) atoms. The molecular formula is C18H14F6N4O. The summed E-state index contributed by atoms with van der Waals surface area (Å²) < 4.78 is 77.8. The zero-order valence-corrected chi connectivity index (χ0v) is 14.7. The Morgan fingerprint density at radius 1 is 0.897 bits per heavy atom. The summed E-state index contributed by atoms with van der Waals surface area (Å²) in [4.78, 5) is 0.982. The summed E-state index contributed by atoms with van der Waals surface area (Å²) in [5.74, 6) is 0.194. The largest absolute Gasteiger partial charge is 0.522 e. The molecule has 0 atom stereocenters. The highest BCUT2D eigenvalue weighted by atomic mass is 19.4. The summed E-state index contributed by atoms with van der Waals surface area (Å²) in [6, 6.07) is 11.7. The fraction of sp³-hybridized carbons (Fsp3) is 0.278. The Morgan fingerprint density at radius 3 is 2.24 bits per heavy atom. The minimum atomic E-state index is -4.74. The summed E-state index contributed by atoms with van der Waals surface area (Å²) in [6.45, 7) is -0.903. The number of aromatic nitrogens is 4. The molecule has 3 aromatic rings. The van der Waals surface area contributed by atoms with Crippen molar-refractivity contribution in [1.29, 1.82) is 0 Å². The Labute approximate surface area is 160 Å². The SMILES string of the molecule is FC(F)(F)OCCn1nnc(-c2ccccc2Cc2ccc(C(F)(F)F)cc2)n1. The molecule has 0 saturated heterocycles. The molecule has 5 nitrogen and oxygen atoms in total. The van der Waals surface area contributed by atoms with Gasteiger partial charge in [-0.05, 0) is 34.9 Å². The molecule has 1 aromatic heterocycles. The number of hydrogen-bond donors (Lipinski definition) is 0. The third-order valence-electron chi connectivity index (χ3n) is 3.94. The molecule has 0 fully saturated rings. The lowest BCUT2D eigenvalue weighted by molar-refractivity contribution is -0.325. The fourth-order valence-electron chi connectivity index (χ4n) is 2.61. The number of tetrazole rings is 1. The minimum Gasteiger partial charge on any atom is -0.290 e. The zero-order valence-electron chi connectivity index (χ0n) is 14.7. The van der Waals surface area contributed by atoms with E-state index in [2.05, 4.69) is 20.1 Å². The maximum Gasteiger partial charge on any atom is 0.522 e. The van der Waals surface area contributed by atoms with Crippen LogP contribution in [0.2, 0.25) is 0 Å². The average Bonchev–Trinajstić information content (AvgIpc) is 3.09. The molecule has 154 valence electrons. The van der Waals surface area contributed by atoms with Gasteiger partial charge in [-0.3, -0.25) is 4.74 Å². The number of hydrogen-bond acceptors (Lipinski definition) is 4. The molecule has 11 heteroatoms. The summed E-state index contributed by atoms with van der Waals surface area (Å²) in [5, 5.41) is 11.6. The van der Waals surface area contributed by atoms with Crippen LogP contribution >= 0.6 is 0 Å². The van der Waals surface area contributed by atoms with Crippen LogP contribution in [0, 0.1) is 0 Å². The van der Waals surface area contributed by atoms with Crippen molar-refractivity contribution >= 4 is 0 Å². The first-order chi connectivity index (χ1) is 13.6. The van der Waals surface area contributed by atoms with Crippen molar-refractivity contribution in [3.63, 3.8) is 0 Å². The molecule has 0 bridgehead atoms. The van der Waals surface area contributed by atoms with Gasteiger partial charge in [0.15, 0.2) is 0 Å². The van der Waals surface area contributed by atoms with Crippen LogP contribution in [0.25, 0.3) is 11.4 Å². The highest BCUT2D eigenvalue weighted by molar-refractivity contribution is 5.60. The van der Waals surface area contributed by atoms with E-state index in [1.54, 1.807) is 24.3 Å². The predicted molar refractivity (Wildman–Crippen MR) is 89.5 cm³/mol. The quantitative estimate of drug-likeness (QED) is 0.556. The van der Waals surface area contributed by atoms with Gasteiger partial charge in [-0.25, -0.2) is 0 Å². The lowest BCUT2D eigenvalue weighted by Gasteiger charge is -2.09. The van der Waals surface area contributed by atoms with E-state index in [0.29, 0.717) is 17.5 Å². The molecule has 0 aliphatic heterocycles. The van der Waals surface area contributed by atoms with Crippen molar-refractivity contribution in [2.24, 2.45) is 0 Å². The van der Waals surface area contributed by atoms with E-state index in [4.69, 9.17) is 0 Å². The van der Waals surface area contributed by atoms with E-state index >= 15 is 0 Å². The van der Waals surface area contributed by atoms with Crippen LogP contribution in [0.5, 0.6) is 0 Å². The Bertz CT molecular complexity index is 950. The molecule has 2 aromatic carbocycles. The third kappa shape index (κ3) is 5.76. The van der Waals surface area contributed by atoms with Crippen LogP contribution in [0.1, 0.15) is 16.7 Å². The van der Waals surface area contributed by atoms with Crippen LogP contribution < -0.4 is 0 Å². The standard InChI is InChI=1S/C18H14F6N4O/c19-17(20,21)14-7-5-12(6-8-14)11-13-3-1-2-4-15(13)16-25-27-28(26-16)9-10-29-18(22,23)24/h1-8H,9-11H2. The van der Waals surface area contributed by atoms with Crippen molar-refractivity contribution in [2.45, 2.75) is 25.5 Å². The monoisotopic (exact) mass is 416 g/mol. The molecule has 0 saturated carbocycles. The second kappa shape index (κ2) is 8.19. The van der Waals surface area contributed by atoms with Crippen molar-refractivity contribution in [3.05, 3.63) is 65.2 Å². The van der Waals surface area contributed by atoms with Gasteiger partial charge in [0.05, 0.1) is 18.7 Å². The molecular weight excluding hydrogens is 402 g/mol. The molecule has 1 heterocycles. The summed E-state index contributed by atoms with van der Waals surface area (Å²) in [6.07, 6.45) is -8.83. The lowest BCUT2D eigenvalue weighted by Crippen LogP contribution is -2.18. The van der Waals surface area contributed by atoms with Crippen molar-refractivity contribution in [3.8, 4) is 11.4 Å². The van der Waals surface area contributed by atoms with E-state index < -0.39 is 24.7 Å². The maximum atomic E-state index is 12.7. The first-order valence-corrected chi connectivity index (χ1v) is 8.35. The normalized spacial score (nSPS) is 12.3. The summed E-state index contributed by atoms with van der Waals surface area (Å²) in [5.41, 5.74) is 1.23. The van der Waals surface area contributed by atoms with Gasteiger partial charge in [0.25, 0.3) is 0 Å². The highest BCUT2D eigenvalue weighted by Gasteiger charge is 2.30. The van der Waals surface area contributed by atoms with Crippen LogP contribution in [0.3, 0.4) is 0 Å². The van der Waals surface area contributed by atoms with Crippen LogP contribution in [0.4, 0.5) is 26.3 Å². The van der Waals surface area contributed by atoms with Crippen molar-refractivity contribution < 1.29 is 31.1 Å². The topological polar surface area (TPSA) is 52.8 Å². The van der Waals surface area contributed by atoms with Crippen LogP contribution in [-0.2, 0) is 23.9 Å². The number of benzene rings is 2. The molecule has 0 N–H and O–H groups in total. The first kappa shape index (κ1) is 20.8. The van der Waals surface area contributed by atoms with Gasteiger partial charge < -0.3 is 0 Å². The number of rotatable bonds is 6. The Morgan fingerprint density at radius 2 is 1.59 bits per heavy atom. The van der Waals surface area contributed by atoms with Crippen molar-refractivity contribution in [1.82, 2.24) is 20.2 Å². The van der Waals surface area contributed by atoms with Gasteiger partial charge in [-0.1, -0.05) is 36.4 Å². The van der Waals surface area contributed by atoms with Crippen LogP contribution in [0.15, 0.2) is 48.5 Å². The summed E-state index contributed by atoms with van der Waals surface area (Å²) >= 11 is 0. The Balaban J connectivity index is 1.74. The predicted octanol–water partition coefficient (Wildman–Crippen LogP) is 4.49. The fourth-order valence-corrected chi connectivity index (χ4v) is 2.61. The zero-order chi connectivity index (χ0) is 21.1. The van der Waals surface area contributed by atoms with Gasteiger partial charge >= 0.3 is 12.5 Å². The highest BCUT2D eigenvalue weighted by Crippen LogP contribution is 2.30. The van der Waals surface area contributed by atoms with E-state index in [9.17, 15) is 26.3 Å². The van der Waals surface area contributed by atoms with Gasteiger partial charge in [0, 0.05) is 5.56 Å². The second-order valence-electron chi connectivity index (χ2n) is 6.03. The van der Waals surface area contributed by atoms with Crippen LogP contribution in [-0.4, -0.2) is 33.2 Å². The Kier molecular flexibility index (Phi) is 5.87. The number of nitrogens with zero attached hydrogens (tertiary/aromatic N) is 4. The molecule has 0 unspecified atom stereocenters.